The van der Waals surface area contributed by atoms with E-state index in [1.807, 2.05) is 24.3 Å². The molecule has 1 saturated carbocycles. The number of morpholine rings is 1. The summed E-state index contributed by atoms with van der Waals surface area (Å²) in [5.74, 6) is -0.579. The summed E-state index contributed by atoms with van der Waals surface area (Å²) in [6.07, 6.45) is 1.86. The number of carbonyl (C=O) groups excluding carboxylic acids is 3. The highest BCUT2D eigenvalue weighted by atomic mass is 35.5. The summed E-state index contributed by atoms with van der Waals surface area (Å²) in [5, 5.41) is 5.88. The third-order valence-electron chi connectivity index (χ3n) is 6.17. The standard InChI is InChI=1S/C23H27ClN4O4S/c24-20-8-7-19(33-20)23(31)26-12-15-3-1-2-4-17(15)27-22(30)14-5-6-18(16(25)11-14)28-9-10-32-13-21(28)29/h1-4,7-8,14,16,18H,5-6,9-13,25H2,(H,26,31)(H,27,30)/t14-,16+,18-/m1/s1. The van der Waals surface area contributed by atoms with Gasteiger partial charge in [-0.3, -0.25) is 14.4 Å². The van der Waals surface area contributed by atoms with Gasteiger partial charge >= 0.3 is 0 Å². The van der Waals surface area contributed by atoms with Gasteiger partial charge in [0.25, 0.3) is 5.91 Å². The number of ether oxygens (including phenoxy) is 1. The maximum atomic E-state index is 13.0. The first kappa shape index (κ1) is 23.7. The Morgan fingerprint density at radius 2 is 2.03 bits per heavy atom. The van der Waals surface area contributed by atoms with Crippen LogP contribution in [0.15, 0.2) is 36.4 Å². The second-order valence-corrected chi connectivity index (χ2v) is 10.0. The molecule has 4 rings (SSSR count). The lowest BCUT2D eigenvalue weighted by Gasteiger charge is -2.42. The smallest absolute Gasteiger partial charge is 0.261 e. The molecule has 0 bridgehead atoms. The molecule has 1 aromatic heterocycles. The second kappa shape index (κ2) is 10.6. The van der Waals surface area contributed by atoms with Crippen molar-refractivity contribution in [3.63, 3.8) is 0 Å². The molecule has 2 aliphatic rings. The van der Waals surface area contributed by atoms with Gasteiger partial charge < -0.3 is 26.0 Å². The zero-order chi connectivity index (χ0) is 23.4. The summed E-state index contributed by atoms with van der Waals surface area (Å²) in [4.78, 5) is 39.8. The summed E-state index contributed by atoms with van der Waals surface area (Å²) in [6.45, 7) is 1.44. The molecule has 3 atom stereocenters. The van der Waals surface area contributed by atoms with Crippen molar-refractivity contribution in [1.29, 1.82) is 0 Å². The molecule has 8 nitrogen and oxygen atoms in total. The van der Waals surface area contributed by atoms with E-state index in [-0.39, 0.29) is 48.9 Å². The lowest BCUT2D eigenvalue weighted by molar-refractivity contribution is -0.147. The third-order valence-corrected chi connectivity index (χ3v) is 7.40. The number of hydrogen-bond acceptors (Lipinski definition) is 6. The Kier molecular flexibility index (Phi) is 7.64. The van der Waals surface area contributed by atoms with Gasteiger partial charge in [-0.2, -0.15) is 0 Å². The fraction of sp³-hybridized carbons (Fsp3) is 0.435. The summed E-state index contributed by atoms with van der Waals surface area (Å²) in [6, 6.07) is 10.4. The number of rotatable bonds is 6. The maximum Gasteiger partial charge on any atom is 0.261 e. The number of nitrogens with one attached hydrogen (secondary N) is 2. The average Bonchev–Trinajstić information content (AvgIpc) is 3.25. The average molecular weight is 491 g/mol. The van der Waals surface area contributed by atoms with Gasteiger partial charge in [0.1, 0.15) is 6.61 Å². The minimum atomic E-state index is -0.260. The zero-order valence-electron chi connectivity index (χ0n) is 18.1. The Balaban J connectivity index is 1.34. The van der Waals surface area contributed by atoms with Crippen LogP contribution in [0.5, 0.6) is 0 Å². The first-order valence-electron chi connectivity index (χ1n) is 11.0. The normalized spacial score (nSPS) is 23.3. The minimum absolute atomic E-state index is 0.0367. The van der Waals surface area contributed by atoms with Crippen LogP contribution in [0.2, 0.25) is 4.34 Å². The number of para-hydroxylation sites is 1. The molecule has 2 heterocycles. The van der Waals surface area contributed by atoms with Crippen LogP contribution in [0.25, 0.3) is 0 Å². The highest BCUT2D eigenvalue weighted by molar-refractivity contribution is 7.17. The Morgan fingerprint density at radius 3 is 2.76 bits per heavy atom. The lowest BCUT2D eigenvalue weighted by atomic mass is 9.81. The van der Waals surface area contributed by atoms with E-state index in [0.717, 1.165) is 5.56 Å². The van der Waals surface area contributed by atoms with E-state index < -0.39 is 0 Å². The number of halogens is 1. The van der Waals surface area contributed by atoms with Crippen molar-refractivity contribution in [2.45, 2.75) is 37.9 Å². The van der Waals surface area contributed by atoms with Crippen LogP contribution in [0.3, 0.4) is 0 Å². The van der Waals surface area contributed by atoms with Crippen molar-refractivity contribution in [3.8, 4) is 0 Å². The molecule has 176 valence electrons. The summed E-state index contributed by atoms with van der Waals surface area (Å²) >= 11 is 7.12. The fourth-order valence-corrected chi connectivity index (χ4v) is 5.38. The van der Waals surface area contributed by atoms with E-state index >= 15 is 0 Å². The second-order valence-electron chi connectivity index (χ2n) is 8.31. The highest BCUT2D eigenvalue weighted by Crippen LogP contribution is 2.29. The zero-order valence-corrected chi connectivity index (χ0v) is 19.7. The first-order valence-corrected chi connectivity index (χ1v) is 12.2. The third kappa shape index (κ3) is 5.73. The molecular weight excluding hydrogens is 464 g/mol. The van der Waals surface area contributed by atoms with Gasteiger partial charge in [0.15, 0.2) is 0 Å². The quantitative estimate of drug-likeness (QED) is 0.576. The van der Waals surface area contributed by atoms with Crippen molar-refractivity contribution in [2.75, 3.05) is 25.1 Å². The molecule has 0 radical (unpaired) electrons. The molecule has 3 amide bonds. The van der Waals surface area contributed by atoms with Gasteiger partial charge in [0, 0.05) is 36.8 Å². The first-order chi connectivity index (χ1) is 15.9. The number of benzene rings is 1. The minimum Gasteiger partial charge on any atom is -0.370 e. The molecule has 33 heavy (non-hydrogen) atoms. The van der Waals surface area contributed by atoms with Crippen molar-refractivity contribution < 1.29 is 19.1 Å². The van der Waals surface area contributed by atoms with E-state index in [0.29, 0.717) is 47.3 Å². The van der Waals surface area contributed by atoms with E-state index in [2.05, 4.69) is 10.6 Å². The molecule has 0 spiro atoms. The van der Waals surface area contributed by atoms with Crippen LogP contribution in [0, 0.1) is 5.92 Å². The Labute approximate surface area is 201 Å². The molecule has 1 aliphatic heterocycles. The maximum absolute atomic E-state index is 13.0. The predicted octanol–water partition coefficient (Wildman–Crippen LogP) is 2.62. The van der Waals surface area contributed by atoms with Gasteiger partial charge in [-0.1, -0.05) is 29.8 Å². The number of thiophene rings is 1. The van der Waals surface area contributed by atoms with Crippen LogP contribution >= 0.6 is 22.9 Å². The number of nitrogens with two attached hydrogens (primary N) is 1. The number of carbonyl (C=O) groups is 3. The van der Waals surface area contributed by atoms with E-state index in [1.54, 1.807) is 17.0 Å². The Bertz CT molecular complexity index is 1030. The number of amides is 3. The molecule has 1 saturated heterocycles. The van der Waals surface area contributed by atoms with Crippen LogP contribution in [-0.4, -0.2) is 54.5 Å². The van der Waals surface area contributed by atoms with E-state index in [4.69, 9.17) is 22.1 Å². The largest absolute Gasteiger partial charge is 0.370 e. The Hall–Kier alpha value is -2.46. The monoisotopic (exact) mass is 490 g/mol. The predicted molar refractivity (Wildman–Crippen MR) is 127 cm³/mol. The molecule has 1 aliphatic carbocycles. The van der Waals surface area contributed by atoms with Crippen molar-refractivity contribution in [2.24, 2.45) is 11.7 Å². The number of nitrogens with zero attached hydrogens (tertiary/aromatic N) is 1. The van der Waals surface area contributed by atoms with Gasteiger partial charge in [0.2, 0.25) is 11.8 Å². The molecular formula is C23H27ClN4O4S. The molecule has 10 heteroatoms. The molecule has 2 aromatic rings. The van der Waals surface area contributed by atoms with Gasteiger partial charge in [-0.15, -0.1) is 11.3 Å². The van der Waals surface area contributed by atoms with Crippen molar-refractivity contribution >= 4 is 46.3 Å². The van der Waals surface area contributed by atoms with Gasteiger partial charge in [-0.25, -0.2) is 0 Å². The number of hydrogen-bond donors (Lipinski definition) is 3. The van der Waals surface area contributed by atoms with E-state index in [1.165, 1.54) is 11.3 Å². The van der Waals surface area contributed by atoms with Crippen molar-refractivity contribution in [3.05, 3.63) is 51.2 Å². The topological polar surface area (TPSA) is 114 Å². The molecule has 4 N–H and O–H groups in total. The van der Waals surface area contributed by atoms with Crippen LogP contribution in [0.1, 0.15) is 34.5 Å². The summed E-state index contributed by atoms with van der Waals surface area (Å²) in [5.41, 5.74) is 7.85. The van der Waals surface area contributed by atoms with Crippen molar-refractivity contribution in [1.82, 2.24) is 10.2 Å². The van der Waals surface area contributed by atoms with Gasteiger partial charge in [-0.05, 0) is 43.0 Å². The van der Waals surface area contributed by atoms with Crippen LogP contribution in [-0.2, 0) is 20.9 Å². The van der Waals surface area contributed by atoms with Crippen LogP contribution in [0.4, 0.5) is 5.69 Å². The lowest BCUT2D eigenvalue weighted by Crippen LogP contribution is -2.57. The molecule has 0 unspecified atom stereocenters. The Morgan fingerprint density at radius 1 is 1.21 bits per heavy atom. The fourth-order valence-electron chi connectivity index (χ4n) is 4.43. The summed E-state index contributed by atoms with van der Waals surface area (Å²) < 4.78 is 5.76. The molecule has 2 fully saturated rings. The SMILES string of the molecule is N[C@H]1C[C@H](C(=O)Nc2ccccc2CNC(=O)c2ccc(Cl)s2)CC[C@H]1N1CCOCC1=O. The van der Waals surface area contributed by atoms with E-state index in [9.17, 15) is 14.4 Å². The highest BCUT2D eigenvalue weighted by Gasteiger charge is 2.37. The molecule has 1 aromatic carbocycles. The summed E-state index contributed by atoms with van der Waals surface area (Å²) in [7, 11) is 0. The number of anilines is 1. The van der Waals surface area contributed by atoms with Gasteiger partial charge in [0.05, 0.1) is 15.8 Å². The van der Waals surface area contributed by atoms with Crippen LogP contribution < -0.4 is 16.4 Å².